The summed E-state index contributed by atoms with van der Waals surface area (Å²) in [6.07, 6.45) is 2.42. The molecule has 1 aliphatic rings. The van der Waals surface area contributed by atoms with E-state index in [0.717, 1.165) is 13.1 Å². The lowest BCUT2D eigenvalue weighted by atomic mass is 10.1. The van der Waals surface area contributed by atoms with E-state index in [0.29, 0.717) is 15.8 Å². The Labute approximate surface area is 168 Å². The van der Waals surface area contributed by atoms with Crippen molar-refractivity contribution < 1.29 is 9.53 Å². The van der Waals surface area contributed by atoms with Crippen LogP contribution in [0.5, 0.6) is 5.75 Å². The molecule has 0 saturated carbocycles. The smallest absolute Gasteiger partial charge is 0.258 e. The minimum atomic E-state index is -0.163. The van der Waals surface area contributed by atoms with Crippen LogP contribution in [0.3, 0.4) is 0 Å². The maximum Gasteiger partial charge on any atom is 0.258 e. The first kappa shape index (κ1) is 19.5. The summed E-state index contributed by atoms with van der Waals surface area (Å²) >= 11 is 13.7. The minimum Gasteiger partial charge on any atom is -0.482 e. The van der Waals surface area contributed by atoms with Gasteiger partial charge in [0.1, 0.15) is 5.75 Å². The molecule has 0 unspecified atom stereocenters. The Morgan fingerprint density at radius 1 is 1.31 bits per heavy atom. The van der Waals surface area contributed by atoms with E-state index in [2.05, 4.69) is 34.7 Å². The normalized spacial score (nSPS) is 17.0. The molecule has 26 heavy (non-hydrogen) atoms. The molecule has 2 aromatic rings. The summed E-state index contributed by atoms with van der Waals surface area (Å²) in [5.74, 6) is 0.289. The van der Waals surface area contributed by atoms with Crippen molar-refractivity contribution in [3.8, 4) is 5.75 Å². The van der Waals surface area contributed by atoms with Crippen LogP contribution in [0, 0.1) is 0 Å². The Morgan fingerprint density at radius 3 is 2.73 bits per heavy atom. The van der Waals surface area contributed by atoms with Crippen LogP contribution in [0.1, 0.15) is 30.7 Å². The summed E-state index contributed by atoms with van der Waals surface area (Å²) in [5.41, 5.74) is 0. The molecular weight excluding hydrogens is 391 g/mol. The Hall–Kier alpha value is -1.27. The molecule has 1 N–H and O–H groups in total. The predicted octanol–water partition coefficient (Wildman–Crippen LogP) is 4.78. The highest BCUT2D eigenvalue weighted by Gasteiger charge is 2.30. The van der Waals surface area contributed by atoms with Crippen molar-refractivity contribution in [2.24, 2.45) is 0 Å². The average Bonchev–Trinajstić information content (AvgIpc) is 3.28. The van der Waals surface area contributed by atoms with Gasteiger partial charge in [-0.25, -0.2) is 0 Å². The fourth-order valence-corrected chi connectivity index (χ4v) is 4.76. The molecule has 1 fully saturated rings. The summed E-state index contributed by atoms with van der Waals surface area (Å²) < 4.78 is 5.54. The topological polar surface area (TPSA) is 41.6 Å². The molecule has 4 nitrogen and oxygen atoms in total. The van der Waals surface area contributed by atoms with Crippen LogP contribution in [0.2, 0.25) is 10.0 Å². The molecule has 7 heteroatoms. The average molecular weight is 413 g/mol. The lowest BCUT2D eigenvalue weighted by Gasteiger charge is -2.32. The third-order valence-electron chi connectivity index (χ3n) is 4.48. The van der Waals surface area contributed by atoms with Gasteiger partial charge in [-0.2, -0.15) is 0 Å². The van der Waals surface area contributed by atoms with Crippen molar-refractivity contribution in [3.63, 3.8) is 0 Å². The molecule has 1 saturated heterocycles. The highest BCUT2D eigenvalue weighted by atomic mass is 35.5. The van der Waals surface area contributed by atoms with Gasteiger partial charge in [0.05, 0.1) is 11.1 Å². The number of thiophene rings is 1. The number of halogens is 2. The number of amides is 1. The number of likely N-dealkylation sites (tertiary alicyclic amines) is 1. The van der Waals surface area contributed by atoms with Gasteiger partial charge in [-0.15, -0.1) is 11.3 Å². The summed E-state index contributed by atoms with van der Waals surface area (Å²) in [7, 11) is 0. The van der Waals surface area contributed by atoms with E-state index in [9.17, 15) is 4.79 Å². The number of ether oxygens (including phenoxy) is 1. The van der Waals surface area contributed by atoms with E-state index in [1.54, 1.807) is 29.5 Å². The molecule has 0 aliphatic carbocycles. The number of nitrogens with one attached hydrogen (secondary N) is 1. The molecule has 2 atom stereocenters. The monoisotopic (exact) mass is 412 g/mol. The van der Waals surface area contributed by atoms with Crippen molar-refractivity contribution in [1.82, 2.24) is 10.2 Å². The van der Waals surface area contributed by atoms with Crippen molar-refractivity contribution >= 4 is 40.4 Å². The zero-order valence-corrected chi connectivity index (χ0v) is 16.9. The number of carbonyl (C=O) groups excluding carboxylic acids is 1. The number of hydrogen-bond donors (Lipinski definition) is 1. The van der Waals surface area contributed by atoms with E-state index in [-0.39, 0.29) is 24.6 Å². The Bertz CT molecular complexity index is 733. The first-order chi connectivity index (χ1) is 12.5. The number of hydrogen-bond acceptors (Lipinski definition) is 4. The lowest BCUT2D eigenvalue weighted by molar-refractivity contribution is -0.124. The maximum absolute atomic E-state index is 12.4. The Morgan fingerprint density at radius 2 is 2.08 bits per heavy atom. The van der Waals surface area contributed by atoms with E-state index in [4.69, 9.17) is 27.9 Å². The maximum atomic E-state index is 12.4. The predicted molar refractivity (Wildman–Crippen MR) is 107 cm³/mol. The van der Waals surface area contributed by atoms with Gasteiger partial charge in [0.25, 0.3) is 5.91 Å². The van der Waals surface area contributed by atoms with Crippen LogP contribution >= 0.6 is 34.5 Å². The molecule has 0 bridgehead atoms. The van der Waals surface area contributed by atoms with Crippen LogP contribution in [0.15, 0.2) is 35.7 Å². The fourth-order valence-electron chi connectivity index (χ4n) is 3.33. The lowest BCUT2D eigenvalue weighted by Crippen LogP contribution is -2.45. The van der Waals surface area contributed by atoms with Gasteiger partial charge in [-0.1, -0.05) is 29.3 Å². The molecule has 3 rings (SSSR count). The van der Waals surface area contributed by atoms with Crippen LogP contribution in [0.4, 0.5) is 0 Å². The molecule has 1 aromatic carbocycles. The largest absolute Gasteiger partial charge is 0.482 e. The van der Waals surface area contributed by atoms with Crippen LogP contribution in [-0.2, 0) is 4.79 Å². The second-order valence-electron chi connectivity index (χ2n) is 6.42. The molecule has 140 valence electrons. The summed E-state index contributed by atoms with van der Waals surface area (Å²) in [4.78, 5) is 16.1. The van der Waals surface area contributed by atoms with Gasteiger partial charge in [-0.3, -0.25) is 9.69 Å². The van der Waals surface area contributed by atoms with Gasteiger partial charge in [0.2, 0.25) is 0 Å². The quantitative estimate of drug-likeness (QED) is 0.711. The third kappa shape index (κ3) is 4.92. The first-order valence-electron chi connectivity index (χ1n) is 8.69. The van der Waals surface area contributed by atoms with Crippen molar-refractivity contribution in [2.75, 3.05) is 19.7 Å². The number of nitrogens with zero attached hydrogens (tertiary/aromatic N) is 1. The van der Waals surface area contributed by atoms with E-state index < -0.39 is 0 Å². The Balaban J connectivity index is 1.59. The van der Waals surface area contributed by atoms with E-state index in [1.807, 2.05) is 0 Å². The molecule has 1 amide bonds. The second-order valence-corrected chi connectivity index (χ2v) is 8.25. The van der Waals surface area contributed by atoms with Gasteiger partial charge in [-0.05, 0) is 62.5 Å². The molecule has 0 radical (unpaired) electrons. The summed E-state index contributed by atoms with van der Waals surface area (Å²) in [6.45, 7) is 4.11. The van der Waals surface area contributed by atoms with Gasteiger partial charge >= 0.3 is 0 Å². The standard InChI is InChI=1S/C19H22Cl2N2O2S/c1-13(19(17-5-4-10-26-17)23-8-2-3-9-23)22-18(24)12-25-16-7-6-14(20)11-15(16)21/h4-7,10-11,13,19H,2-3,8-9,12H2,1H3,(H,22,24)/t13-,19+/m1/s1. The number of carbonyl (C=O) groups is 1. The molecule has 1 aromatic heterocycles. The second kappa shape index (κ2) is 9.09. The zero-order chi connectivity index (χ0) is 18.5. The van der Waals surface area contributed by atoms with Crippen LogP contribution < -0.4 is 10.1 Å². The Kier molecular flexibility index (Phi) is 6.81. The molecule has 2 heterocycles. The molecule has 1 aliphatic heterocycles. The number of rotatable bonds is 7. The summed E-state index contributed by atoms with van der Waals surface area (Å²) in [5, 5.41) is 6.09. The van der Waals surface area contributed by atoms with Crippen molar-refractivity contribution in [3.05, 3.63) is 50.6 Å². The van der Waals surface area contributed by atoms with Crippen molar-refractivity contribution in [1.29, 1.82) is 0 Å². The molecule has 0 spiro atoms. The van der Waals surface area contributed by atoms with Crippen LogP contribution in [-0.4, -0.2) is 36.5 Å². The van der Waals surface area contributed by atoms with Crippen LogP contribution in [0.25, 0.3) is 0 Å². The summed E-state index contributed by atoms with van der Waals surface area (Å²) in [6, 6.07) is 9.33. The zero-order valence-electron chi connectivity index (χ0n) is 14.6. The SMILES string of the molecule is C[C@@H](NC(=O)COc1ccc(Cl)cc1Cl)[C@@H](c1cccs1)N1CCCC1. The van der Waals surface area contributed by atoms with Gasteiger partial charge in [0, 0.05) is 15.9 Å². The third-order valence-corrected chi connectivity index (χ3v) is 5.96. The fraction of sp³-hybridized carbons (Fsp3) is 0.421. The number of benzene rings is 1. The first-order valence-corrected chi connectivity index (χ1v) is 10.3. The van der Waals surface area contributed by atoms with Gasteiger partial charge < -0.3 is 10.1 Å². The van der Waals surface area contributed by atoms with E-state index >= 15 is 0 Å². The molecular formula is C19H22Cl2N2O2S. The highest BCUT2D eigenvalue weighted by molar-refractivity contribution is 7.10. The van der Waals surface area contributed by atoms with Gasteiger partial charge in [0.15, 0.2) is 6.61 Å². The highest BCUT2D eigenvalue weighted by Crippen LogP contribution is 2.31. The van der Waals surface area contributed by atoms with E-state index in [1.165, 1.54) is 17.7 Å². The minimum absolute atomic E-state index is 0.0106. The van der Waals surface area contributed by atoms with Crippen molar-refractivity contribution in [2.45, 2.75) is 31.8 Å².